The minimum Gasteiger partial charge on any atom is -0.493 e. The van der Waals surface area contributed by atoms with Crippen LogP contribution in [0.25, 0.3) is 0 Å². The fraction of sp³-hybridized carbons (Fsp3) is 0.348. The lowest BCUT2D eigenvalue weighted by molar-refractivity contribution is -0.116. The summed E-state index contributed by atoms with van der Waals surface area (Å²) < 4.78 is 16.6. The van der Waals surface area contributed by atoms with E-state index < -0.39 is 0 Å². The lowest BCUT2D eigenvalue weighted by Gasteiger charge is -2.29. The molecule has 0 unspecified atom stereocenters. The number of rotatable bonds is 4. The van der Waals surface area contributed by atoms with Gasteiger partial charge in [-0.2, -0.15) is 0 Å². The number of carbonyl (C=O) groups excluding carboxylic acids is 1. The molecular formula is C23H26N2O4. The molecule has 4 rings (SSSR count). The molecule has 29 heavy (non-hydrogen) atoms. The lowest BCUT2D eigenvalue weighted by Crippen LogP contribution is -2.29. The van der Waals surface area contributed by atoms with Crippen LogP contribution in [0.5, 0.6) is 17.2 Å². The second kappa shape index (κ2) is 7.70. The number of methoxy groups -OCH3 is 3. The number of Topliss-reactive ketones (excluding diaryl/α,β-unsaturated/α-hetero) is 1. The van der Waals surface area contributed by atoms with Crippen molar-refractivity contribution in [2.75, 3.05) is 32.0 Å². The number of hydrogen-bond donors (Lipinski definition) is 2. The number of nitrogens with one attached hydrogen (secondary N) is 2. The van der Waals surface area contributed by atoms with Crippen LogP contribution in [0.1, 0.15) is 31.2 Å². The first-order chi connectivity index (χ1) is 14.1. The van der Waals surface area contributed by atoms with Gasteiger partial charge in [0.05, 0.1) is 38.7 Å². The fourth-order valence-electron chi connectivity index (χ4n) is 4.40. The molecule has 152 valence electrons. The van der Waals surface area contributed by atoms with Crippen LogP contribution < -0.4 is 24.8 Å². The molecule has 0 spiro atoms. The summed E-state index contributed by atoms with van der Waals surface area (Å²) in [6.07, 6.45) is 1.14. The molecule has 0 radical (unpaired) electrons. The number of anilines is 2. The van der Waals surface area contributed by atoms with Gasteiger partial charge in [0.25, 0.3) is 0 Å². The van der Waals surface area contributed by atoms with E-state index in [9.17, 15) is 4.79 Å². The van der Waals surface area contributed by atoms with Gasteiger partial charge in [-0.15, -0.1) is 0 Å². The zero-order valence-electron chi connectivity index (χ0n) is 17.2. The summed E-state index contributed by atoms with van der Waals surface area (Å²) in [7, 11) is 4.80. The van der Waals surface area contributed by atoms with Crippen LogP contribution in [-0.2, 0) is 4.79 Å². The van der Waals surface area contributed by atoms with Crippen molar-refractivity contribution in [1.29, 1.82) is 0 Å². The van der Waals surface area contributed by atoms with Crippen molar-refractivity contribution in [2.45, 2.75) is 31.7 Å². The number of ether oxygens (including phenoxy) is 3. The van der Waals surface area contributed by atoms with E-state index >= 15 is 0 Å². The molecule has 0 fully saturated rings. The van der Waals surface area contributed by atoms with Crippen molar-refractivity contribution in [3.63, 3.8) is 0 Å². The first kappa shape index (κ1) is 19.2. The molecule has 2 aliphatic rings. The standard InChI is InChI=1S/C23H26N2O4/c1-13-21-18(25-17-8-6-5-7-16(17)24-13)11-14(12-19(21)26)15-9-10-20(27-2)23(29-4)22(15)28-3/h5-10,13-14,24-25H,11-12H2,1-4H3/t13-,14-/m0/s1. The predicted octanol–water partition coefficient (Wildman–Crippen LogP) is 4.34. The van der Waals surface area contributed by atoms with E-state index in [2.05, 4.69) is 10.6 Å². The normalized spacial score (nSPS) is 20.6. The minimum atomic E-state index is -0.0538. The summed E-state index contributed by atoms with van der Waals surface area (Å²) in [6.45, 7) is 2.04. The van der Waals surface area contributed by atoms with Crippen molar-refractivity contribution in [1.82, 2.24) is 0 Å². The third kappa shape index (κ3) is 3.28. The van der Waals surface area contributed by atoms with E-state index in [1.807, 2.05) is 43.3 Å². The highest BCUT2D eigenvalue weighted by Crippen LogP contribution is 2.47. The quantitative estimate of drug-likeness (QED) is 0.804. The Morgan fingerprint density at radius 1 is 0.897 bits per heavy atom. The third-order valence-electron chi connectivity index (χ3n) is 5.70. The Kier molecular flexibility index (Phi) is 5.09. The number of ketones is 1. The molecular weight excluding hydrogens is 368 g/mol. The van der Waals surface area contributed by atoms with Gasteiger partial charge in [0.2, 0.25) is 5.75 Å². The first-order valence-electron chi connectivity index (χ1n) is 9.75. The summed E-state index contributed by atoms with van der Waals surface area (Å²) in [5.74, 6) is 1.91. The third-order valence-corrected chi connectivity index (χ3v) is 5.70. The SMILES string of the molecule is COc1ccc([C@@H]2CC(=O)C3=C(C2)Nc2ccccc2N[C@H]3C)c(OC)c1OC. The molecule has 6 heteroatoms. The van der Waals surface area contributed by atoms with Gasteiger partial charge >= 0.3 is 0 Å². The number of allylic oxidation sites excluding steroid dienone is 1. The number of fused-ring (bicyclic) bond motifs is 1. The zero-order chi connectivity index (χ0) is 20.5. The molecule has 2 atom stereocenters. The Hall–Kier alpha value is -3.15. The van der Waals surface area contributed by atoms with Crippen LogP contribution in [0.15, 0.2) is 47.7 Å². The van der Waals surface area contributed by atoms with Gasteiger partial charge in [-0.1, -0.05) is 18.2 Å². The fourth-order valence-corrected chi connectivity index (χ4v) is 4.40. The Bertz CT molecular complexity index is 983. The van der Waals surface area contributed by atoms with Gasteiger partial charge in [0, 0.05) is 29.2 Å². The van der Waals surface area contributed by atoms with Crippen molar-refractivity contribution in [3.8, 4) is 17.2 Å². The van der Waals surface area contributed by atoms with E-state index in [0.29, 0.717) is 30.1 Å². The maximum Gasteiger partial charge on any atom is 0.203 e. The first-order valence-corrected chi connectivity index (χ1v) is 9.75. The molecule has 0 saturated heterocycles. The number of benzene rings is 2. The second-order valence-electron chi connectivity index (χ2n) is 7.38. The second-order valence-corrected chi connectivity index (χ2v) is 7.38. The van der Waals surface area contributed by atoms with E-state index in [-0.39, 0.29) is 17.7 Å². The van der Waals surface area contributed by atoms with Gasteiger partial charge in [-0.25, -0.2) is 0 Å². The predicted molar refractivity (Wildman–Crippen MR) is 113 cm³/mol. The molecule has 2 aromatic carbocycles. The molecule has 2 aromatic rings. The van der Waals surface area contributed by atoms with Crippen molar-refractivity contribution in [3.05, 3.63) is 53.2 Å². The van der Waals surface area contributed by atoms with Gasteiger partial charge in [0.1, 0.15) is 0 Å². The number of carbonyl (C=O) groups is 1. The van der Waals surface area contributed by atoms with Crippen molar-refractivity contribution in [2.24, 2.45) is 0 Å². The number of para-hydroxylation sites is 2. The Morgan fingerprint density at radius 3 is 2.31 bits per heavy atom. The van der Waals surface area contributed by atoms with Crippen LogP contribution in [0, 0.1) is 0 Å². The Labute approximate surface area is 170 Å². The van der Waals surface area contributed by atoms with E-state index in [1.54, 1.807) is 21.3 Å². The maximum absolute atomic E-state index is 13.2. The highest BCUT2D eigenvalue weighted by Gasteiger charge is 2.35. The molecule has 2 N–H and O–H groups in total. The highest BCUT2D eigenvalue weighted by atomic mass is 16.5. The summed E-state index contributed by atoms with van der Waals surface area (Å²) in [4.78, 5) is 13.2. The molecule has 6 nitrogen and oxygen atoms in total. The van der Waals surface area contributed by atoms with Crippen molar-refractivity contribution >= 4 is 17.2 Å². The molecule has 1 aliphatic carbocycles. The van der Waals surface area contributed by atoms with E-state index in [1.165, 1.54) is 0 Å². The summed E-state index contributed by atoms with van der Waals surface area (Å²) in [5, 5.41) is 6.97. The van der Waals surface area contributed by atoms with Crippen LogP contribution in [0.3, 0.4) is 0 Å². The highest BCUT2D eigenvalue weighted by molar-refractivity contribution is 6.01. The molecule has 0 aromatic heterocycles. The maximum atomic E-state index is 13.2. The van der Waals surface area contributed by atoms with Gasteiger partial charge < -0.3 is 24.8 Å². The summed E-state index contributed by atoms with van der Waals surface area (Å²) in [5.41, 5.74) is 4.73. The molecule has 0 saturated carbocycles. The molecule has 0 bridgehead atoms. The van der Waals surface area contributed by atoms with E-state index in [0.717, 1.165) is 28.2 Å². The van der Waals surface area contributed by atoms with Crippen LogP contribution in [0.2, 0.25) is 0 Å². The summed E-state index contributed by atoms with van der Waals surface area (Å²) >= 11 is 0. The topological polar surface area (TPSA) is 68.8 Å². The monoisotopic (exact) mass is 394 g/mol. The lowest BCUT2D eigenvalue weighted by atomic mass is 9.79. The smallest absolute Gasteiger partial charge is 0.203 e. The Balaban J connectivity index is 1.75. The number of hydrogen-bond acceptors (Lipinski definition) is 6. The van der Waals surface area contributed by atoms with Crippen LogP contribution in [-0.4, -0.2) is 33.2 Å². The minimum absolute atomic E-state index is 0.0130. The van der Waals surface area contributed by atoms with Crippen LogP contribution in [0.4, 0.5) is 11.4 Å². The Morgan fingerprint density at radius 2 is 1.62 bits per heavy atom. The van der Waals surface area contributed by atoms with Crippen LogP contribution >= 0.6 is 0 Å². The molecule has 0 amide bonds. The average molecular weight is 394 g/mol. The van der Waals surface area contributed by atoms with Gasteiger partial charge in [0.15, 0.2) is 17.3 Å². The zero-order valence-corrected chi connectivity index (χ0v) is 17.2. The van der Waals surface area contributed by atoms with E-state index in [4.69, 9.17) is 14.2 Å². The van der Waals surface area contributed by atoms with Gasteiger partial charge in [-0.05, 0) is 31.5 Å². The average Bonchev–Trinajstić information content (AvgIpc) is 2.87. The summed E-state index contributed by atoms with van der Waals surface area (Å²) in [6, 6.07) is 11.8. The molecule has 1 heterocycles. The molecule has 1 aliphatic heterocycles. The van der Waals surface area contributed by atoms with Gasteiger partial charge in [-0.3, -0.25) is 4.79 Å². The largest absolute Gasteiger partial charge is 0.493 e. The van der Waals surface area contributed by atoms with Crippen molar-refractivity contribution < 1.29 is 19.0 Å².